The van der Waals surface area contributed by atoms with E-state index in [9.17, 15) is 4.79 Å². The van der Waals surface area contributed by atoms with Crippen molar-refractivity contribution in [1.29, 1.82) is 0 Å². The molecule has 4 N–H and O–H groups in total. The second-order valence-electron chi connectivity index (χ2n) is 3.10. The number of hydrogen-bond acceptors (Lipinski definition) is 5. The van der Waals surface area contributed by atoms with Gasteiger partial charge in [0.1, 0.15) is 16.7 Å². The number of thiocarbonyl (C=S) groups is 1. The highest BCUT2D eigenvalue weighted by molar-refractivity contribution is 7.80. The van der Waals surface area contributed by atoms with Gasteiger partial charge in [-0.1, -0.05) is 12.2 Å². The van der Waals surface area contributed by atoms with E-state index in [1.54, 1.807) is 14.0 Å². The molecule has 1 atom stereocenters. The van der Waals surface area contributed by atoms with E-state index in [1.807, 2.05) is 0 Å². The molecule has 7 heteroatoms. The van der Waals surface area contributed by atoms with Crippen molar-refractivity contribution in [2.45, 2.75) is 13.0 Å². The van der Waals surface area contributed by atoms with Crippen molar-refractivity contribution in [3.8, 4) is 0 Å². The molecule has 16 heavy (non-hydrogen) atoms. The zero-order chi connectivity index (χ0) is 12.1. The number of aromatic nitrogens is 2. The van der Waals surface area contributed by atoms with E-state index in [-0.39, 0.29) is 10.9 Å². The van der Waals surface area contributed by atoms with Crippen LogP contribution in [0.2, 0.25) is 0 Å². The average molecular weight is 239 g/mol. The third kappa shape index (κ3) is 2.86. The number of hydrogen-bond donors (Lipinski definition) is 3. The van der Waals surface area contributed by atoms with E-state index >= 15 is 0 Å². The highest BCUT2D eigenvalue weighted by atomic mass is 32.1. The first kappa shape index (κ1) is 12.3. The van der Waals surface area contributed by atoms with Crippen LogP contribution in [-0.2, 0) is 4.79 Å². The minimum Gasteiger partial charge on any atom is -0.388 e. The van der Waals surface area contributed by atoms with Crippen LogP contribution in [0.5, 0.6) is 0 Å². The quantitative estimate of drug-likeness (QED) is 0.622. The Balaban J connectivity index is 2.88. The summed E-state index contributed by atoms with van der Waals surface area (Å²) < 4.78 is 0. The number of nitrogens with two attached hydrogens (primary N) is 1. The molecule has 0 aromatic carbocycles. The normalized spacial score (nSPS) is 11.6. The largest absolute Gasteiger partial charge is 0.388 e. The van der Waals surface area contributed by atoms with E-state index in [2.05, 4.69) is 20.6 Å². The predicted octanol–water partition coefficient (Wildman–Crippen LogP) is -0.343. The number of likely N-dealkylation sites (N-methyl/N-ethyl adjacent to an activating group) is 1. The van der Waals surface area contributed by atoms with Gasteiger partial charge in [0.2, 0.25) is 5.91 Å². The summed E-state index contributed by atoms with van der Waals surface area (Å²) in [6, 6.07) is -0.435. The first-order chi connectivity index (χ1) is 7.56. The second kappa shape index (κ2) is 5.36. The lowest BCUT2D eigenvalue weighted by atomic mass is 10.3. The lowest BCUT2D eigenvalue weighted by Gasteiger charge is -2.14. The van der Waals surface area contributed by atoms with Crippen LogP contribution in [-0.4, -0.2) is 34.0 Å². The summed E-state index contributed by atoms with van der Waals surface area (Å²) in [5.74, 6) is 0.255. The third-order valence-corrected chi connectivity index (χ3v) is 2.12. The van der Waals surface area contributed by atoms with Gasteiger partial charge in [0.15, 0.2) is 5.82 Å². The van der Waals surface area contributed by atoms with Crippen LogP contribution in [0.4, 0.5) is 5.82 Å². The summed E-state index contributed by atoms with van der Waals surface area (Å²) in [7, 11) is 1.56. The van der Waals surface area contributed by atoms with Gasteiger partial charge in [-0.2, -0.15) is 0 Å². The molecule has 1 aromatic heterocycles. The fourth-order valence-corrected chi connectivity index (χ4v) is 1.26. The van der Waals surface area contributed by atoms with Gasteiger partial charge in [-0.25, -0.2) is 9.97 Å². The molecule has 0 aliphatic heterocycles. The Labute approximate surface area is 98.7 Å². The number of nitrogens with zero attached hydrogens (tertiary/aromatic N) is 2. The maximum absolute atomic E-state index is 11.3. The van der Waals surface area contributed by atoms with Gasteiger partial charge in [0, 0.05) is 19.4 Å². The molecule has 1 rings (SSSR count). The molecular formula is C9H13N5OS. The fourth-order valence-electron chi connectivity index (χ4n) is 1.11. The zero-order valence-electron chi connectivity index (χ0n) is 9.02. The van der Waals surface area contributed by atoms with E-state index in [0.29, 0.717) is 11.5 Å². The molecule has 0 saturated carbocycles. The highest BCUT2D eigenvalue weighted by Crippen LogP contribution is 2.09. The van der Waals surface area contributed by atoms with Gasteiger partial charge in [0.05, 0.1) is 0 Å². The van der Waals surface area contributed by atoms with E-state index in [1.165, 1.54) is 12.4 Å². The Hall–Kier alpha value is -1.76. The summed E-state index contributed by atoms with van der Waals surface area (Å²) in [5.41, 5.74) is 5.87. The van der Waals surface area contributed by atoms with Crippen LogP contribution >= 0.6 is 12.2 Å². The standard InChI is InChI=1S/C9H13N5OS/c1-5(9(15)11-2)14-8-6(7(10)16)12-3-4-13-8/h3-5H,1-2H3,(H2,10,16)(H,11,15)(H,13,14). The number of amides is 1. The second-order valence-corrected chi connectivity index (χ2v) is 3.54. The van der Waals surface area contributed by atoms with Crippen molar-refractivity contribution in [3.63, 3.8) is 0 Å². The first-order valence-corrected chi connectivity index (χ1v) is 5.06. The van der Waals surface area contributed by atoms with Crippen LogP contribution in [0, 0.1) is 0 Å². The van der Waals surface area contributed by atoms with E-state index in [4.69, 9.17) is 18.0 Å². The van der Waals surface area contributed by atoms with Gasteiger partial charge in [-0.15, -0.1) is 0 Å². The van der Waals surface area contributed by atoms with Crippen molar-refractivity contribution in [1.82, 2.24) is 15.3 Å². The SMILES string of the molecule is CNC(=O)C(C)Nc1nccnc1C(N)=S. The molecular weight excluding hydrogens is 226 g/mol. The monoisotopic (exact) mass is 239 g/mol. The number of carbonyl (C=O) groups is 1. The molecule has 1 aromatic rings. The number of nitrogens with one attached hydrogen (secondary N) is 2. The molecule has 0 spiro atoms. The third-order valence-electron chi connectivity index (χ3n) is 1.92. The first-order valence-electron chi connectivity index (χ1n) is 4.65. The zero-order valence-corrected chi connectivity index (χ0v) is 9.84. The van der Waals surface area contributed by atoms with Crippen molar-refractivity contribution in [2.24, 2.45) is 5.73 Å². The van der Waals surface area contributed by atoms with Gasteiger partial charge < -0.3 is 16.4 Å². The summed E-state index contributed by atoms with van der Waals surface area (Å²) in [6.07, 6.45) is 2.99. The van der Waals surface area contributed by atoms with Gasteiger partial charge in [-0.05, 0) is 6.92 Å². The van der Waals surface area contributed by atoms with Crippen LogP contribution in [0.25, 0.3) is 0 Å². The summed E-state index contributed by atoms with van der Waals surface area (Å²) >= 11 is 4.83. The Kier molecular flexibility index (Phi) is 4.12. The van der Waals surface area contributed by atoms with Crippen LogP contribution in [0.15, 0.2) is 12.4 Å². The molecule has 1 heterocycles. The molecule has 6 nitrogen and oxygen atoms in total. The van der Waals surface area contributed by atoms with Crippen molar-refractivity contribution in [3.05, 3.63) is 18.1 Å². The Morgan fingerprint density at radius 3 is 2.69 bits per heavy atom. The molecule has 0 aliphatic carbocycles. The van der Waals surface area contributed by atoms with Crippen LogP contribution in [0.1, 0.15) is 12.6 Å². The van der Waals surface area contributed by atoms with Crippen molar-refractivity contribution in [2.75, 3.05) is 12.4 Å². The Bertz CT molecular complexity index is 409. The summed E-state index contributed by atoms with van der Waals surface area (Å²) in [6.45, 7) is 1.71. The summed E-state index contributed by atoms with van der Waals surface area (Å²) in [5, 5.41) is 5.41. The molecule has 0 radical (unpaired) electrons. The van der Waals surface area contributed by atoms with Crippen LogP contribution < -0.4 is 16.4 Å². The highest BCUT2D eigenvalue weighted by Gasteiger charge is 2.14. The lowest BCUT2D eigenvalue weighted by Crippen LogP contribution is -2.36. The minimum absolute atomic E-state index is 0.139. The topological polar surface area (TPSA) is 92.9 Å². The average Bonchev–Trinajstić information content (AvgIpc) is 2.28. The molecule has 0 fully saturated rings. The van der Waals surface area contributed by atoms with E-state index < -0.39 is 6.04 Å². The molecule has 0 bridgehead atoms. The lowest BCUT2D eigenvalue weighted by molar-refractivity contribution is -0.121. The number of carbonyl (C=O) groups excluding carboxylic acids is 1. The Morgan fingerprint density at radius 1 is 1.50 bits per heavy atom. The predicted molar refractivity (Wildman–Crippen MR) is 65.1 cm³/mol. The van der Waals surface area contributed by atoms with Gasteiger partial charge in [0.25, 0.3) is 0 Å². The van der Waals surface area contributed by atoms with E-state index in [0.717, 1.165) is 0 Å². The maximum Gasteiger partial charge on any atom is 0.241 e. The maximum atomic E-state index is 11.3. The Morgan fingerprint density at radius 2 is 2.12 bits per heavy atom. The van der Waals surface area contributed by atoms with Gasteiger partial charge in [-0.3, -0.25) is 4.79 Å². The molecule has 0 aliphatic rings. The van der Waals surface area contributed by atoms with Crippen molar-refractivity contribution >= 4 is 28.9 Å². The molecule has 86 valence electrons. The molecule has 1 unspecified atom stereocenters. The molecule has 0 saturated heterocycles. The fraction of sp³-hybridized carbons (Fsp3) is 0.333. The summed E-state index contributed by atoms with van der Waals surface area (Å²) in [4.78, 5) is 19.5. The number of rotatable bonds is 4. The smallest absolute Gasteiger partial charge is 0.241 e. The van der Waals surface area contributed by atoms with Crippen molar-refractivity contribution < 1.29 is 4.79 Å². The van der Waals surface area contributed by atoms with Crippen LogP contribution in [0.3, 0.4) is 0 Å². The van der Waals surface area contributed by atoms with Gasteiger partial charge >= 0.3 is 0 Å². The molecule has 1 amide bonds. The minimum atomic E-state index is -0.435. The number of anilines is 1.